The van der Waals surface area contributed by atoms with E-state index in [0.29, 0.717) is 17.5 Å². The molecule has 9 heteroatoms. The minimum Gasteiger partial charge on any atom is -0.465 e. The van der Waals surface area contributed by atoms with Crippen LogP contribution in [0.3, 0.4) is 0 Å². The SMILES string of the molecule is CC(=O)OCCc1nc(NC(=O)C(CC2CCCC2)c2ccc(S(C)(=O)=O)cc2)sc1C. The minimum atomic E-state index is -3.29. The zero-order chi connectivity index (χ0) is 23.3. The maximum Gasteiger partial charge on any atom is 0.302 e. The summed E-state index contributed by atoms with van der Waals surface area (Å²) in [5.41, 5.74) is 1.61. The van der Waals surface area contributed by atoms with Crippen molar-refractivity contribution in [1.82, 2.24) is 4.98 Å². The Kier molecular flexibility index (Phi) is 8.05. The van der Waals surface area contributed by atoms with Gasteiger partial charge in [0.2, 0.25) is 5.91 Å². The Labute approximate surface area is 193 Å². The molecule has 174 valence electrons. The number of amides is 1. The molecule has 1 aromatic heterocycles. The van der Waals surface area contributed by atoms with Crippen LogP contribution in [0.15, 0.2) is 29.2 Å². The lowest BCUT2D eigenvalue weighted by atomic mass is 9.87. The van der Waals surface area contributed by atoms with E-state index in [2.05, 4.69) is 10.3 Å². The van der Waals surface area contributed by atoms with Gasteiger partial charge in [0.15, 0.2) is 15.0 Å². The maximum absolute atomic E-state index is 13.3. The molecule has 0 spiro atoms. The quantitative estimate of drug-likeness (QED) is 0.540. The number of aromatic nitrogens is 1. The van der Waals surface area contributed by atoms with Crippen molar-refractivity contribution in [2.24, 2.45) is 5.92 Å². The molecular formula is C23H30N2O5S2. The van der Waals surface area contributed by atoms with Crippen LogP contribution in [0.25, 0.3) is 0 Å². The number of nitrogens with zero attached hydrogens (tertiary/aromatic N) is 1. The van der Waals surface area contributed by atoms with Crippen LogP contribution in [-0.4, -0.2) is 38.1 Å². The first-order chi connectivity index (χ1) is 15.1. The molecule has 1 N–H and O–H groups in total. The lowest BCUT2D eigenvalue weighted by Gasteiger charge is -2.20. The van der Waals surface area contributed by atoms with Crippen LogP contribution in [-0.2, 0) is 30.6 Å². The average molecular weight is 479 g/mol. The molecule has 1 unspecified atom stereocenters. The summed E-state index contributed by atoms with van der Waals surface area (Å²) in [6.45, 7) is 3.55. The van der Waals surface area contributed by atoms with Crippen LogP contribution in [0.1, 0.15) is 61.1 Å². The number of hydrogen-bond donors (Lipinski definition) is 1. The van der Waals surface area contributed by atoms with E-state index >= 15 is 0 Å². The Balaban J connectivity index is 1.76. The third-order valence-electron chi connectivity index (χ3n) is 5.84. The van der Waals surface area contributed by atoms with Gasteiger partial charge >= 0.3 is 5.97 Å². The molecule has 0 radical (unpaired) electrons. The van der Waals surface area contributed by atoms with E-state index in [1.807, 2.05) is 6.92 Å². The van der Waals surface area contributed by atoms with Crippen LogP contribution in [0, 0.1) is 12.8 Å². The van der Waals surface area contributed by atoms with Gasteiger partial charge in [0.05, 0.1) is 23.1 Å². The summed E-state index contributed by atoms with van der Waals surface area (Å²) in [6, 6.07) is 6.63. The molecule has 1 fully saturated rings. The Morgan fingerprint density at radius 2 is 1.88 bits per heavy atom. The molecule has 32 heavy (non-hydrogen) atoms. The Hall–Kier alpha value is -2.26. The summed E-state index contributed by atoms with van der Waals surface area (Å²) in [5, 5.41) is 3.48. The van der Waals surface area contributed by atoms with E-state index in [1.54, 1.807) is 24.3 Å². The van der Waals surface area contributed by atoms with Gasteiger partial charge < -0.3 is 10.1 Å². The van der Waals surface area contributed by atoms with Crippen LogP contribution in [0.2, 0.25) is 0 Å². The molecule has 1 amide bonds. The summed E-state index contributed by atoms with van der Waals surface area (Å²) in [5.74, 6) is -0.356. The molecule has 1 aliphatic rings. The van der Waals surface area contributed by atoms with E-state index in [9.17, 15) is 18.0 Å². The molecule has 0 bridgehead atoms. The number of carbonyl (C=O) groups is 2. The average Bonchev–Trinajstić information content (AvgIpc) is 3.35. The second-order valence-corrected chi connectivity index (χ2v) is 11.6. The predicted molar refractivity (Wildman–Crippen MR) is 125 cm³/mol. The first-order valence-electron chi connectivity index (χ1n) is 10.8. The highest BCUT2D eigenvalue weighted by atomic mass is 32.2. The number of ether oxygens (including phenoxy) is 1. The molecule has 1 saturated carbocycles. The highest BCUT2D eigenvalue weighted by Gasteiger charge is 2.28. The fourth-order valence-corrected chi connectivity index (χ4v) is 5.61. The number of hydrogen-bond acceptors (Lipinski definition) is 7. The van der Waals surface area contributed by atoms with E-state index in [4.69, 9.17) is 4.74 Å². The molecule has 0 aliphatic heterocycles. The standard InChI is InChI=1S/C23H30N2O5S2/c1-15-21(12-13-30-16(2)26)24-23(31-15)25-22(27)20(14-17-6-4-5-7-17)18-8-10-19(11-9-18)32(3,28)29/h8-11,17,20H,4-7,12-14H2,1-3H3,(H,24,25,27). The highest BCUT2D eigenvalue weighted by molar-refractivity contribution is 7.90. The molecule has 2 aromatic rings. The molecule has 1 atom stereocenters. The number of thiazole rings is 1. The van der Waals surface area contributed by atoms with Crippen molar-refractivity contribution in [3.63, 3.8) is 0 Å². The number of sulfone groups is 1. The van der Waals surface area contributed by atoms with Gasteiger partial charge in [-0.15, -0.1) is 11.3 Å². The van der Waals surface area contributed by atoms with Crippen molar-refractivity contribution in [1.29, 1.82) is 0 Å². The zero-order valence-electron chi connectivity index (χ0n) is 18.7. The number of rotatable bonds is 9. The maximum atomic E-state index is 13.3. The molecule has 1 aromatic carbocycles. The third-order valence-corrected chi connectivity index (χ3v) is 7.89. The molecule has 7 nitrogen and oxygen atoms in total. The van der Waals surface area contributed by atoms with Gasteiger partial charge in [-0.25, -0.2) is 13.4 Å². The zero-order valence-corrected chi connectivity index (χ0v) is 20.4. The second kappa shape index (κ2) is 10.6. The van der Waals surface area contributed by atoms with Crippen molar-refractivity contribution in [3.8, 4) is 0 Å². The third kappa shape index (κ3) is 6.62. The lowest BCUT2D eigenvalue weighted by molar-refractivity contribution is -0.140. The first-order valence-corrected chi connectivity index (χ1v) is 13.5. The van der Waals surface area contributed by atoms with Gasteiger partial charge in [-0.1, -0.05) is 37.8 Å². The van der Waals surface area contributed by atoms with E-state index in [1.165, 1.54) is 37.4 Å². The summed E-state index contributed by atoms with van der Waals surface area (Å²) >= 11 is 1.40. The summed E-state index contributed by atoms with van der Waals surface area (Å²) in [6.07, 6.45) is 7.00. The van der Waals surface area contributed by atoms with E-state index in [-0.39, 0.29) is 29.3 Å². The van der Waals surface area contributed by atoms with Crippen molar-refractivity contribution < 1.29 is 22.7 Å². The van der Waals surface area contributed by atoms with Crippen molar-refractivity contribution in [2.45, 2.75) is 63.2 Å². The molecule has 0 saturated heterocycles. The number of benzene rings is 1. The molecule has 3 rings (SSSR count). The Morgan fingerprint density at radius 3 is 2.47 bits per heavy atom. The monoisotopic (exact) mass is 478 g/mol. The molecule has 1 heterocycles. The number of nitrogens with one attached hydrogen (secondary N) is 1. The van der Waals surface area contributed by atoms with Gasteiger partial charge in [-0.2, -0.15) is 0 Å². The minimum absolute atomic E-state index is 0.135. The van der Waals surface area contributed by atoms with Gasteiger partial charge in [0, 0.05) is 24.5 Å². The highest BCUT2D eigenvalue weighted by Crippen LogP contribution is 2.35. The normalized spacial score (nSPS) is 15.5. The van der Waals surface area contributed by atoms with Gasteiger partial charge in [-0.05, 0) is 37.0 Å². The second-order valence-electron chi connectivity index (χ2n) is 8.38. The Bertz CT molecular complexity index is 1050. The number of esters is 1. The van der Waals surface area contributed by atoms with E-state index < -0.39 is 9.84 Å². The topological polar surface area (TPSA) is 102 Å². The lowest BCUT2D eigenvalue weighted by Crippen LogP contribution is -2.23. The predicted octanol–water partition coefficient (Wildman–Crippen LogP) is 4.26. The van der Waals surface area contributed by atoms with Gasteiger partial charge in [0.25, 0.3) is 0 Å². The van der Waals surface area contributed by atoms with E-state index in [0.717, 1.165) is 35.4 Å². The fraction of sp³-hybridized carbons (Fsp3) is 0.522. The molecular weight excluding hydrogens is 448 g/mol. The fourth-order valence-electron chi connectivity index (χ4n) is 4.12. The van der Waals surface area contributed by atoms with Crippen molar-refractivity contribution in [3.05, 3.63) is 40.4 Å². The Morgan fingerprint density at radius 1 is 1.22 bits per heavy atom. The van der Waals surface area contributed by atoms with Gasteiger partial charge in [-0.3, -0.25) is 9.59 Å². The number of carbonyl (C=O) groups excluding carboxylic acids is 2. The van der Waals surface area contributed by atoms with Crippen molar-refractivity contribution >= 4 is 38.2 Å². The van der Waals surface area contributed by atoms with Gasteiger partial charge in [0.1, 0.15) is 0 Å². The first kappa shape index (κ1) is 24.4. The van der Waals surface area contributed by atoms with Crippen LogP contribution in [0.5, 0.6) is 0 Å². The van der Waals surface area contributed by atoms with Crippen molar-refractivity contribution in [2.75, 3.05) is 18.2 Å². The van der Waals surface area contributed by atoms with Crippen LogP contribution in [0.4, 0.5) is 5.13 Å². The number of anilines is 1. The smallest absolute Gasteiger partial charge is 0.302 e. The molecule has 1 aliphatic carbocycles. The summed E-state index contributed by atoms with van der Waals surface area (Å²) in [4.78, 5) is 30.0. The number of aryl methyl sites for hydroxylation is 1. The van der Waals surface area contributed by atoms with Crippen LogP contribution >= 0.6 is 11.3 Å². The summed E-state index contributed by atoms with van der Waals surface area (Å²) in [7, 11) is -3.29. The largest absolute Gasteiger partial charge is 0.465 e. The summed E-state index contributed by atoms with van der Waals surface area (Å²) < 4.78 is 28.6. The van der Waals surface area contributed by atoms with Crippen LogP contribution < -0.4 is 5.32 Å².